The van der Waals surface area contributed by atoms with Crippen molar-refractivity contribution in [1.82, 2.24) is 10.2 Å². The van der Waals surface area contributed by atoms with E-state index in [1.165, 1.54) is 0 Å². The average molecular weight is 310 g/mol. The van der Waals surface area contributed by atoms with Gasteiger partial charge in [-0.15, -0.1) is 10.2 Å². The van der Waals surface area contributed by atoms with Crippen molar-refractivity contribution >= 4 is 27.5 Å². The maximum atomic E-state index is 11.6. The molecule has 0 fully saturated rings. The van der Waals surface area contributed by atoms with Gasteiger partial charge in [0.05, 0.1) is 11.3 Å². The van der Waals surface area contributed by atoms with Crippen LogP contribution in [-0.2, 0) is 4.79 Å². The van der Waals surface area contributed by atoms with E-state index in [-0.39, 0.29) is 5.91 Å². The number of rotatable bonds is 4. The largest absolute Gasteiger partial charge is 0.421 e. The van der Waals surface area contributed by atoms with E-state index in [4.69, 9.17) is 4.42 Å². The highest BCUT2D eigenvalue weighted by Crippen LogP contribution is 2.26. The molecule has 0 unspecified atom stereocenters. The van der Waals surface area contributed by atoms with Gasteiger partial charge in [-0.2, -0.15) is 0 Å². The summed E-state index contributed by atoms with van der Waals surface area (Å²) < 4.78 is 5.37. The lowest BCUT2D eigenvalue weighted by Crippen LogP contribution is -2.12. The third-order valence-corrected chi connectivity index (χ3v) is 2.68. The normalized spacial score (nSPS) is 10.3. The van der Waals surface area contributed by atoms with Crippen LogP contribution in [0.5, 0.6) is 0 Å². The second-order valence-electron chi connectivity index (χ2n) is 3.66. The molecule has 1 aromatic heterocycles. The molecule has 0 bridgehead atoms. The van der Waals surface area contributed by atoms with E-state index < -0.39 is 0 Å². The first-order chi connectivity index (χ1) is 8.70. The summed E-state index contributed by atoms with van der Waals surface area (Å²) in [5, 5.41) is 11.2. The smallest absolute Gasteiger partial charge is 0.249 e. The molecule has 5 nitrogen and oxygen atoms in total. The van der Waals surface area contributed by atoms with Crippen molar-refractivity contribution in [1.29, 1.82) is 0 Å². The lowest BCUT2D eigenvalue weighted by atomic mass is 10.1. The van der Waals surface area contributed by atoms with Gasteiger partial charge in [0.2, 0.25) is 17.7 Å². The van der Waals surface area contributed by atoms with Crippen LogP contribution in [0.1, 0.15) is 12.3 Å². The van der Waals surface area contributed by atoms with Gasteiger partial charge in [0.1, 0.15) is 0 Å². The van der Waals surface area contributed by atoms with E-state index >= 15 is 0 Å². The molecule has 0 saturated heterocycles. The van der Waals surface area contributed by atoms with Crippen LogP contribution in [0.2, 0.25) is 0 Å². The van der Waals surface area contributed by atoms with E-state index in [9.17, 15) is 4.79 Å². The molecule has 1 aromatic carbocycles. The second-order valence-corrected chi connectivity index (χ2v) is 4.45. The van der Waals surface area contributed by atoms with Gasteiger partial charge in [0.15, 0.2) is 0 Å². The highest BCUT2D eigenvalue weighted by Gasteiger charge is 2.12. The van der Waals surface area contributed by atoms with Crippen LogP contribution in [0.3, 0.4) is 0 Å². The fourth-order valence-electron chi connectivity index (χ4n) is 1.48. The summed E-state index contributed by atoms with van der Waals surface area (Å²) in [5.41, 5.74) is 1.40. The Labute approximate surface area is 113 Å². The van der Waals surface area contributed by atoms with Crippen LogP contribution >= 0.6 is 15.9 Å². The summed E-state index contributed by atoms with van der Waals surface area (Å²) in [6.07, 6.45) is 0.414. The number of para-hydroxylation sites is 1. The number of hydrogen-bond donors (Lipinski definition) is 1. The van der Waals surface area contributed by atoms with Crippen molar-refractivity contribution in [3.8, 4) is 11.5 Å². The van der Waals surface area contributed by atoms with E-state index in [0.717, 1.165) is 5.56 Å². The Bertz CT molecular complexity index is 554. The monoisotopic (exact) mass is 309 g/mol. The summed E-state index contributed by atoms with van der Waals surface area (Å²) in [6, 6.07) is 7.34. The number of anilines is 1. The number of benzene rings is 1. The summed E-state index contributed by atoms with van der Waals surface area (Å²) in [6.45, 7) is 1.72. The van der Waals surface area contributed by atoms with Crippen molar-refractivity contribution in [2.45, 2.75) is 13.3 Å². The molecule has 0 atom stereocenters. The first-order valence-electron chi connectivity index (χ1n) is 5.46. The molecule has 0 spiro atoms. The lowest BCUT2D eigenvalue weighted by Gasteiger charge is -2.07. The van der Waals surface area contributed by atoms with Gasteiger partial charge in [-0.1, -0.05) is 28.1 Å². The van der Waals surface area contributed by atoms with Crippen LogP contribution in [0, 0.1) is 6.92 Å². The molecule has 1 heterocycles. The molecule has 0 radical (unpaired) electrons. The van der Waals surface area contributed by atoms with Crippen LogP contribution in [0.25, 0.3) is 11.5 Å². The number of aryl methyl sites for hydroxylation is 1. The summed E-state index contributed by atoms with van der Waals surface area (Å²) >= 11 is 3.23. The number of carbonyl (C=O) groups is 1. The number of nitrogens with one attached hydrogen (secondary N) is 1. The topological polar surface area (TPSA) is 68.0 Å². The fourth-order valence-corrected chi connectivity index (χ4v) is 1.84. The van der Waals surface area contributed by atoms with Crippen molar-refractivity contribution in [3.05, 3.63) is 30.2 Å². The number of amides is 1. The maximum absolute atomic E-state index is 11.6. The Morgan fingerprint density at radius 2 is 2.17 bits per heavy atom. The predicted octanol–water partition coefficient (Wildman–Crippen LogP) is 2.77. The second kappa shape index (κ2) is 5.77. The van der Waals surface area contributed by atoms with Gasteiger partial charge in [-0.25, -0.2) is 0 Å². The molecule has 2 aromatic rings. The Morgan fingerprint density at radius 3 is 2.83 bits per heavy atom. The molecule has 1 N–H and O–H groups in total. The van der Waals surface area contributed by atoms with Crippen molar-refractivity contribution in [3.63, 3.8) is 0 Å². The number of alkyl halides is 1. The van der Waals surface area contributed by atoms with Gasteiger partial charge in [-0.3, -0.25) is 4.79 Å². The molecule has 2 rings (SSSR count). The van der Waals surface area contributed by atoms with Gasteiger partial charge in [0.25, 0.3) is 0 Å². The molecule has 0 aliphatic heterocycles. The Balaban J connectivity index is 2.28. The zero-order chi connectivity index (χ0) is 13.0. The lowest BCUT2D eigenvalue weighted by molar-refractivity contribution is -0.115. The predicted molar refractivity (Wildman–Crippen MR) is 71.5 cm³/mol. The number of nitrogens with zero attached hydrogens (tertiary/aromatic N) is 2. The Morgan fingerprint density at radius 1 is 1.39 bits per heavy atom. The van der Waals surface area contributed by atoms with Gasteiger partial charge in [-0.05, 0) is 12.1 Å². The molecule has 18 heavy (non-hydrogen) atoms. The number of carbonyl (C=O) groups excluding carboxylic acids is 1. The van der Waals surface area contributed by atoms with Crippen LogP contribution in [0.15, 0.2) is 28.7 Å². The van der Waals surface area contributed by atoms with Gasteiger partial charge >= 0.3 is 0 Å². The molecule has 0 saturated carbocycles. The van der Waals surface area contributed by atoms with Crippen LogP contribution in [0.4, 0.5) is 5.69 Å². The molecule has 0 aliphatic carbocycles. The molecule has 6 heteroatoms. The zero-order valence-electron chi connectivity index (χ0n) is 9.81. The first kappa shape index (κ1) is 12.8. The third-order valence-electron chi connectivity index (χ3n) is 2.28. The molecule has 1 amide bonds. The standard InChI is InChI=1S/C12H12BrN3O2/c1-8-15-16-12(18-8)9-4-2-3-5-10(9)14-11(17)6-7-13/h2-5H,6-7H2,1H3,(H,14,17). The van der Waals surface area contributed by atoms with E-state index in [1.807, 2.05) is 18.2 Å². The minimum atomic E-state index is -0.0597. The molecule has 94 valence electrons. The minimum Gasteiger partial charge on any atom is -0.421 e. The van der Waals surface area contributed by atoms with Gasteiger partial charge in [0, 0.05) is 18.7 Å². The zero-order valence-corrected chi connectivity index (χ0v) is 11.4. The van der Waals surface area contributed by atoms with Crippen LogP contribution < -0.4 is 5.32 Å². The van der Waals surface area contributed by atoms with E-state index in [2.05, 4.69) is 31.4 Å². The highest BCUT2D eigenvalue weighted by molar-refractivity contribution is 9.09. The fraction of sp³-hybridized carbons (Fsp3) is 0.250. The molecular formula is C12H12BrN3O2. The van der Waals surface area contributed by atoms with Crippen molar-refractivity contribution in [2.24, 2.45) is 0 Å². The number of hydrogen-bond acceptors (Lipinski definition) is 4. The quantitative estimate of drug-likeness (QED) is 0.882. The third kappa shape index (κ3) is 2.95. The summed E-state index contributed by atoms with van der Waals surface area (Å²) in [7, 11) is 0. The number of aromatic nitrogens is 2. The van der Waals surface area contributed by atoms with E-state index in [0.29, 0.717) is 29.2 Å². The summed E-state index contributed by atoms with van der Waals surface area (Å²) in [4.78, 5) is 11.6. The SMILES string of the molecule is Cc1nnc(-c2ccccc2NC(=O)CCBr)o1. The van der Waals surface area contributed by atoms with E-state index in [1.54, 1.807) is 13.0 Å². The maximum Gasteiger partial charge on any atom is 0.249 e. The highest BCUT2D eigenvalue weighted by atomic mass is 79.9. The summed E-state index contributed by atoms with van der Waals surface area (Å²) in [5.74, 6) is 0.837. The minimum absolute atomic E-state index is 0.0597. The van der Waals surface area contributed by atoms with Gasteiger partial charge < -0.3 is 9.73 Å². The van der Waals surface area contributed by atoms with Crippen molar-refractivity contribution < 1.29 is 9.21 Å². The Hall–Kier alpha value is -1.69. The van der Waals surface area contributed by atoms with Crippen molar-refractivity contribution in [2.75, 3.05) is 10.6 Å². The first-order valence-corrected chi connectivity index (χ1v) is 6.58. The molecule has 0 aliphatic rings. The molecular weight excluding hydrogens is 298 g/mol. The number of halogens is 1. The van der Waals surface area contributed by atoms with Crippen LogP contribution in [-0.4, -0.2) is 21.4 Å². The Kier molecular flexibility index (Phi) is 4.09. The average Bonchev–Trinajstić information content (AvgIpc) is 2.77.